The molecular weight excluding hydrogens is 330 g/mol. The Bertz CT molecular complexity index is 784. The van der Waals surface area contributed by atoms with Crippen LogP contribution < -0.4 is 11.3 Å². The van der Waals surface area contributed by atoms with Gasteiger partial charge in [-0.05, 0) is 19.8 Å². The quantitative estimate of drug-likeness (QED) is 0.858. The molecule has 7 nitrogen and oxygen atoms in total. The molecule has 132 valence electrons. The average molecular weight is 354 g/mol. The second-order valence-corrected chi connectivity index (χ2v) is 7.41. The number of hydrogen-bond acceptors (Lipinski definition) is 6. The van der Waals surface area contributed by atoms with Crippen molar-refractivity contribution in [3.8, 4) is 11.5 Å². The summed E-state index contributed by atoms with van der Waals surface area (Å²) < 4.78 is 5.31. The van der Waals surface area contributed by atoms with Crippen molar-refractivity contribution in [2.24, 2.45) is 5.73 Å². The maximum atomic E-state index is 12.5. The zero-order valence-electron chi connectivity index (χ0n) is 14.5. The molecule has 3 rings (SSSR count). The molecule has 8 heteroatoms. The molecule has 1 aliphatic rings. The van der Waals surface area contributed by atoms with Gasteiger partial charge in [0.25, 0.3) is 11.4 Å². The molecule has 0 saturated heterocycles. The Balaban J connectivity index is 0.00000208. The van der Waals surface area contributed by atoms with Crippen molar-refractivity contribution in [2.45, 2.75) is 64.3 Å². The maximum Gasteiger partial charge on any atom is 0.265 e. The fraction of sp³-hybridized carbons (Fsp3) is 0.625. The molecule has 1 fully saturated rings. The second-order valence-electron chi connectivity index (χ2n) is 7.41. The summed E-state index contributed by atoms with van der Waals surface area (Å²) in [6.07, 6.45) is 3.79. The molecule has 0 bridgehead atoms. The Morgan fingerprint density at radius 3 is 2.38 bits per heavy atom. The maximum absolute atomic E-state index is 12.5. The van der Waals surface area contributed by atoms with E-state index in [9.17, 15) is 4.79 Å². The summed E-state index contributed by atoms with van der Waals surface area (Å²) in [5.74, 6) is 1.29. The zero-order chi connectivity index (χ0) is 16.8. The van der Waals surface area contributed by atoms with Crippen LogP contribution in [0.25, 0.3) is 11.5 Å². The van der Waals surface area contributed by atoms with Crippen LogP contribution in [-0.4, -0.2) is 20.1 Å². The highest BCUT2D eigenvalue weighted by molar-refractivity contribution is 5.85. The second kappa shape index (κ2) is 6.29. The van der Waals surface area contributed by atoms with Crippen molar-refractivity contribution in [1.82, 2.24) is 20.1 Å². The van der Waals surface area contributed by atoms with Crippen molar-refractivity contribution >= 4 is 12.4 Å². The van der Waals surface area contributed by atoms with Gasteiger partial charge < -0.3 is 15.2 Å². The van der Waals surface area contributed by atoms with Gasteiger partial charge in [-0.1, -0.05) is 38.8 Å². The summed E-state index contributed by atoms with van der Waals surface area (Å²) in [4.78, 5) is 24.2. The van der Waals surface area contributed by atoms with Gasteiger partial charge in [-0.15, -0.1) is 12.4 Å². The Hall–Kier alpha value is -1.73. The van der Waals surface area contributed by atoms with E-state index in [-0.39, 0.29) is 29.3 Å². The van der Waals surface area contributed by atoms with Gasteiger partial charge in [0.2, 0.25) is 0 Å². The standard InChI is InChI=1S/C16H23N5O2.ClH/c1-9-10(11(22)19-13(18-9)15(2,3)4)12-20-14(21-23-12)16(17)7-5-6-8-16;/h5-8,17H2,1-4H3,(H,18,19,22);1H. The van der Waals surface area contributed by atoms with Crippen LogP contribution in [0.2, 0.25) is 0 Å². The Morgan fingerprint density at radius 2 is 1.83 bits per heavy atom. The van der Waals surface area contributed by atoms with E-state index in [1.165, 1.54) is 0 Å². The summed E-state index contributed by atoms with van der Waals surface area (Å²) in [6, 6.07) is 0. The molecule has 0 amide bonds. The van der Waals surface area contributed by atoms with Gasteiger partial charge in [-0.2, -0.15) is 4.98 Å². The van der Waals surface area contributed by atoms with Crippen molar-refractivity contribution < 1.29 is 4.52 Å². The van der Waals surface area contributed by atoms with Crippen molar-refractivity contribution in [1.29, 1.82) is 0 Å². The SMILES string of the molecule is Cc1nc(C(C)(C)C)[nH]c(=O)c1-c1nc(C2(N)CCCC2)no1.Cl. The minimum atomic E-state index is -0.540. The predicted octanol–water partition coefficient (Wildman–Crippen LogP) is 2.58. The van der Waals surface area contributed by atoms with Gasteiger partial charge in [0.15, 0.2) is 5.82 Å². The third-order valence-corrected chi connectivity index (χ3v) is 4.39. The van der Waals surface area contributed by atoms with Gasteiger partial charge >= 0.3 is 0 Å². The first-order chi connectivity index (χ1) is 10.7. The summed E-state index contributed by atoms with van der Waals surface area (Å²) in [6.45, 7) is 7.76. The molecule has 3 N–H and O–H groups in total. The fourth-order valence-electron chi connectivity index (χ4n) is 2.95. The number of nitrogens with one attached hydrogen (secondary N) is 1. The highest BCUT2D eigenvalue weighted by Gasteiger charge is 2.36. The first kappa shape index (κ1) is 18.6. The van der Waals surface area contributed by atoms with Crippen LogP contribution in [0.15, 0.2) is 9.32 Å². The summed E-state index contributed by atoms with van der Waals surface area (Å²) in [7, 11) is 0. The lowest BCUT2D eigenvalue weighted by Gasteiger charge is -2.18. The number of halogens is 1. The van der Waals surface area contributed by atoms with Crippen molar-refractivity contribution in [3.63, 3.8) is 0 Å². The van der Waals surface area contributed by atoms with E-state index < -0.39 is 5.54 Å². The van der Waals surface area contributed by atoms with Gasteiger partial charge in [0.1, 0.15) is 11.4 Å². The number of hydrogen-bond donors (Lipinski definition) is 2. The Labute approximate surface area is 146 Å². The average Bonchev–Trinajstić information content (AvgIpc) is 3.07. The van der Waals surface area contributed by atoms with E-state index >= 15 is 0 Å². The van der Waals surface area contributed by atoms with E-state index in [1.807, 2.05) is 20.8 Å². The van der Waals surface area contributed by atoms with Gasteiger partial charge in [-0.3, -0.25) is 4.79 Å². The number of nitrogens with two attached hydrogens (primary N) is 1. The van der Waals surface area contributed by atoms with Gasteiger partial charge in [0, 0.05) is 5.41 Å². The molecule has 1 aliphatic carbocycles. The molecule has 0 aromatic carbocycles. The van der Waals surface area contributed by atoms with E-state index in [4.69, 9.17) is 10.3 Å². The van der Waals surface area contributed by atoms with E-state index in [0.29, 0.717) is 22.9 Å². The normalized spacial score (nSPS) is 16.9. The number of aryl methyl sites for hydroxylation is 1. The molecule has 0 spiro atoms. The lowest BCUT2D eigenvalue weighted by atomic mass is 9.95. The largest absolute Gasteiger partial charge is 0.334 e. The molecule has 2 heterocycles. The van der Waals surface area contributed by atoms with Crippen LogP contribution in [0.1, 0.15) is 63.8 Å². The Kier molecular flexibility index (Phi) is 4.88. The minimum absolute atomic E-state index is 0. The summed E-state index contributed by atoms with van der Waals surface area (Å²) in [5, 5.41) is 4.01. The van der Waals surface area contributed by atoms with Crippen molar-refractivity contribution in [2.75, 3.05) is 0 Å². The van der Waals surface area contributed by atoms with E-state index in [2.05, 4.69) is 20.1 Å². The lowest BCUT2D eigenvalue weighted by molar-refractivity contribution is 0.372. The summed E-state index contributed by atoms with van der Waals surface area (Å²) >= 11 is 0. The van der Waals surface area contributed by atoms with E-state index in [1.54, 1.807) is 6.92 Å². The van der Waals surface area contributed by atoms with Crippen molar-refractivity contribution in [3.05, 3.63) is 27.7 Å². The minimum Gasteiger partial charge on any atom is -0.334 e. The van der Waals surface area contributed by atoms with Crippen LogP contribution in [-0.2, 0) is 11.0 Å². The first-order valence-electron chi connectivity index (χ1n) is 7.95. The summed E-state index contributed by atoms with van der Waals surface area (Å²) in [5.41, 5.74) is 6.18. The van der Waals surface area contributed by atoms with Gasteiger partial charge in [0.05, 0.1) is 11.2 Å². The molecule has 2 aromatic heterocycles. The van der Waals surface area contributed by atoms with E-state index in [0.717, 1.165) is 25.7 Å². The molecular formula is C16H24ClN5O2. The number of rotatable bonds is 2. The molecule has 0 unspecified atom stereocenters. The smallest absolute Gasteiger partial charge is 0.265 e. The predicted molar refractivity (Wildman–Crippen MR) is 93.2 cm³/mol. The molecule has 0 atom stereocenters. The number of aromatic amines is 1. The van der Waals surface area contributed by atoms with Crippen LogP contribution >= 0.6 is 12.4 Å². The lowest BCUT2D eigenvalue weighted by Crippen LogP contribution is -2.34. The van der Waals surface area contributed by atoms with Crippen LogP contribution in [0.3, 0.4) is 0 Å². The number of aromatic nitrogens is 4. The zero-order valence-corrected chi connectivity index (χ0v) is 15.3. The molecule has 2 aromatic rings. The highest BCUT2D eigenvalue weighted by atomic mass is 35.5. The molecule has 1 saturated carbocycles. The number of H-pyrrole nitrogens is 1. The van der Waals surface area contributed by atoms with Crippen LogP contribution in [0, 0.1) is 6.92 Å². The number of nitrogens with zero attached hydrogens (tertiary/aromatic N) is 3. The van der Waals surface area contributed by atoms with Crippen LogP contribution in [0.4, 0.5) is 0 Å². The third kappa shape index (κ3) is 3.23. The molecule has 0 radical (unpaired) electrons. The van der Waals surface area contributed by atoms with Crippen LogP contribution in [0.5, 0.6) is 0 Å². The monoisotopic (exact) mass is 353 g/mol. The first-order valence-corrected chi connectivity index (χ1v) is 7.95. The molecule has 24 heavy (non-hydrogen) atoms. The molecule has 0 aliphatic heterocycles. The topological polar surface area (TPSA) is 111 Å². The highest BCUT2D eigenvalue weighted by Crippen LogP contribution is 2.35. The third-order valence-electron chi connectivity index (χ3n) is 4.39. The Morgan fingerprint density at radius 1 is 1.21 bits per heavy atom. The van der Waals surface area contributed by atoms with Gasteiger partial charge in [-0.25, -0.2) is 4.98 Å². The fourth-order valence-corrected chi connectivity index (χ4v) is 2.95.